The maximum Gasteiger partial charge on any atom is 0.155 e. The fourth-order valence-corrected chi connectivity index (χ4v) is 4.78. The van der Waals surface area contributed by atoms with Crippen molar-refractivity contribution in [2.24, 2.45) is 11.8 Å². The number of rotatable bonds is 9. The molecule has 148 valence electrons. The van der Waals surface area contributed by atoms with Crippen LogP contribution in [0.1, 0.15) is 45.4 Å². The van der Waals surface area contributed by atoms with E-state index in [1.807, 2.05) is 24.4 Å². The number of carbonyl (C=O) groups is 1. The molecule has 0 fully saturated rings. The Hall–Kier alpha value is -1.60. The molecule has 0 radical (unpaired) electrons. The van der Waals surface area contributed by atoms with Crippen LogP contribution in [0, 0.1) is 11.8 Å². The van der Waals surface area contributed by atoms with E-state index in [1.54, 1.807) is 38.7 Å². The van der Waals surface area contributed by atoms with Crippen LogP contribution in [0.2, 0.25) is 0 Å². The number of thiazole rings is 1. The Kier molecular flexibility index (Phi) is 7.28. The molecule has 0 aliphatic heterocycles. The summed E-state index contributed by atoms with van der Waals surface area (Å²) in [7, 11) is -3.32. The smallest absolute Gasteiger partial charge is 0.155 e. The van der Waals surface area contributed by atoms with Gasteiger partial charge in [0.05, 0.1) is 21.7 Å². The third-order valence-electron chi connectivity index (χ3n) is 4.70. The summed E-state index contributed by atoms with van der Waals surface area (Å²) in [6.07, 6.45) is 4.78. The van der Waals surface area contributed by atoms with Crippen LogP contribution in [0.25, 0.3) is 0 Å². The molecule has 0 aromatic carbocycles. The lowest BCUT2D eigenvalue weighted by Crippen LogP contribution is -2.35. The van der Waals surface area contributed by atoms with Crippen molar-refractivity contribution in [3.05, 3.63) is 46.7 Å². The van der Waals surface area contributed by atoms with Gasteiger partial charge in [0.25, 0.3) is 0 Å². The van der Waals surface area contributed by atoms with Gasteiger partial charge in [0.2, 0.25) is 0 Å². The number of nitrogens with zero attached hydrogens (tertiary/aromatic N) is 2. The number of Topliss-reactive ketones (excluding diaryl/α,β-unsaturated/α-hetero) is 1. The van der Waals surface area contributed by atoms with E-state index >= 15 is 0 Å². The second-order valence-corrected chi connectivity index (χ2v) is 11.6. The van der Waals surface area contributed by atoms with E-state index < -0.39 is 14.6 Å². The van der Waals surface area contributed by atoms with E-state index in [9.17, 15) is 13.2 Å². The first-order valence-electron chi connectivity index (χ1n) is 9.09. The maximum absolute atomic E-state index is 12.8. The van der Waals surface area contributed by atoms with Gasteiger partial charge in [-0.15, -0.1) is 11.3 Å². The molecule has 0 aliphatic rings. The molecule has 2 aromatic heterocycles. The lowest BCUT2D eigenvalue weighted by molar-refractivity contribution is -0.123. The van der Waals surface area contributed by atoms with Gasteiger partial charge in [-0.05, 0) is 57.2 Å². The Morgan fingerprint density at radius 3 is 2.41 bits per heavy atom. The van der Waals surface area contributed by atoms with Crippen LogP contribution in [0.5, 0.6) is 0 Å². The van der Waals surface area contributed by atoms with Crippen LogP contribution >= 0.6 is 11.3 Å². The van der Waals surface area contributed by atoms with Crippen molar-refractivity contribution in [2.75, 3.05) is 5.75 Å². The zero-order valence-electron chi connectivity index (χ0n) is 16.4. The Bertz CT molecular complexity index is 826. The Morgan fingerprint density at radius 1 is 1.19 bits per heavy atom. The van der Waals surface area contributed by atoms with Crippen LogP contribution in [0.3, 0.4) is 0 Å². The van der Waals surface area contributed by atoms with Crippen molar-refractivity contribution in [1.29, 1.82) is 0 Å². The highest BCUT2D eigenvalue weighted by molar-refractivity contribution is 7.92. The Labute approximate surface area is 166 Å². The number of ketones is 1. The highest BCUT2D eigenvalue weighted by Gasteiger charge is 2.33. The van der Waals surface area contributed by atoms with Gasteiger partial charge in [-0.1, -0.05) is 6.92 Å². The fourth-order valence-electron chi connectivity index (χ4n) is 2.85. The first kappa shape index (κ1) is 21.7. The van der Waals surface area contributed by atoms with Crippen molar-refractivity contribution in [3.63, 3.8) is 0 Å². The lowest BCUT2D eigenvalue weighted by Gasteiger charge is -2.24. The number of pyridine rings is 1. The number of carbonyl (C=O) groups excluding carboxylic acids is 1. The molecule has 2 aromatic rings. The van der Waals surface area contributed by atoms with Gasteiger partial charge in [-0.2, -0.15) is 0 Å². The van der Waals surface area contributed by atoms with E-state index in [2.05, 4.69) is 9.97 Å². The zero-order valence-corrected chi connectivity index (χ0v) is 18.0. The monoisotopic (exact) mass is 408 g/mol. The van der Waals surface area contributed by atoms with Crippen molar-refractivity contribution in [1.82, 2.24) is 9.97 Å². The lowest BCUT2D eigenvalue weighted by atomic mass is 9.90. The number of sulfone groups is 1. The molecule has 0 spiro atoms. The average molecular weight is 409 g/mol. The third-order valence-corrected chi connectivity index (χ3v) is 8.11. The van der Waals surface area contributed by atoms with Gasteiger partial charge in [0.15, 0.2) is 9.84 Å². The van der Waals surface area contributed by atoms with E-state index in [1.165, 1.54) is 11.3 Å². The molecular weight excluding hydrogens is 380 g/mol. The quantitative estimate of drug-likeness (QED) is 0.631. The zero-order chi connectivity index (χ0) is 20.1. The molecule has 0 bridgehead atoms. The molecule has 0 saturated carbocycles. The minimum atomic E-state index is -3.32. The molecule has 0 amide bonds. The van der Waals surface area contributed by atoms with Gasteiger partial charge < -0.3 is 0 Å². The summed E-state index contributed by atoms with van der Waals surface area (Å²) >= 11 is 1.51. The highest BCUT2D eigenvalue weighted by atomic mass is 32.2. The van der Waals surface area contributed by atoms with E-state index in [0.717, 1.165) is 11.3 Å². The van der Waals surface area contributed by atoms with Gasteiger partial charge in [0, 0.05) is 30.1 Å². The third kappa shape index (κ3) is 6.50. The summed E-state index contributed by atoms with van der Waals surface area (Å²) < 4.78 is 24.6. The molecule has 7 heteroatoms. The SMILES string of the molecule is CC(Cc1cscn1)C(=O)C[C@H](Cc1ccncc1)CS(=O)(=O)C(C)(C)C. The van der Waals surface area contributed by atoms with Crippen LogP contribution in [-0.4, -0.2) is 34.7 Å². The highest BCUT2D eigenvalue weighted by Crippen LogP contribution is 2.24. The van der Waals surface area contributed by atoms with Crippen LogP contribution in [0.15, 0.2) is 35.4 Å². The van der Waals surface area contributed by atoms with Gasteiger partial charge in [-0.3, -0.25) is 9.78 Å². The number of hydrogen-bond acceptors (Lipinski definition) is 6. The van der Waals surface area contributed by atoms with Crippen molar-refractivity contribution < 1.29 is 13.2 Å². The second kappa shape index (κ2) is 9.06. The molecule has 2 rings (SSSR count). The Morgan fingerprint density at radius 2 is 1.85 bits per heavy atom. The van der Waals surface area contributed by atoms with Crippen LogP contribution < -0.4 is 0 Å². The first-order chi connectivity index (χ1) is 12.6. The minimum absolute atomic E-state index is 0.00792. The van der Waals surface area contributed by atoms with E-state index in [4.69, 9.17) is 0 Å². The summed E-state index contributed by atoms with van der Waals surface area (Å²) in [4.78, 5) is 21.0. The molecule has 2 heterocycles. The predicted octanol–water partition coefficient (Wildman–Crippen LogP) is 3.75. The number of hydrogen-bond donors (Lipinski definition) is 0. The molecule has 0 N–H and O–H groups in total. The normalized spacial score (nSPS) is 14.7. The summed E-state index contributed by atoms with van der Waals surface area (Å²) in [5.41, 5.74) is 3.67. The standard InChI is InChI=1S/C20H28N2O3S2/c1-15(9-18-12-26-14-22-18)19(23)11-17(10-16-5-7-21-8-6-16)13-27(24,25)20(2,3)4/h5-8,12,14-15,17H,9-11,13H2,1-4H3/t15?,17-/m0/s1. The van der Waals surface area contributed by atoms with Crippen molar-refractivity contribution in [2.45, 2.75) is 51.7 Å². The van der Waals surface area contributed by atoms with Gasteiger partial charge in [-0.25, -0.2) is 13.4 Å². The fraction of sp³-hybridized carbons (Fsp3) is 0.550. The predicted molar refractivity (Wildman–Crippen MR) is 110 cm³/mol. The molecule has 1 unspecified atom stereocenters. The molecule has 27 heavy (non-hydrogen) atoms. The van der Waals surface area contributed by atoms with Crippen LogP contribution in [0.4, 0.5) is 0 Å². The summed E-state index contributed by atoms with van der Waals surface area (Å²) in [6, 6.07) is 3.75. The molecular formula is C20H28N2O3S2. The molecule has 0 aliphatic carbocycles. The van der Waals surface area contributed by atoms with Gasteiger partial charge in [0.1, 0.15) is 5.78 Å². The van der Waals surface area contributed by atoms with Gasteiger partial charge >= 0.3 is 0 Å². The molecule has 2 atom stereocenters. The second-order valence-electron chi connectivity index (χ2n) is 8.07. The molecule has 5 nitrogen and oxygen atoms in total. The van der Waals surface area contributed by atoms with Crippen LogP contribution in [-0.2, 0) is 27.5 Å². The summed E-state index contributed by atoms with van der Waals surface area (Å²) in [6.45, 7) is 7.01. The maximum atomic E-state index is 12.8. The largest absolute Gasteiger partial charge is 0.299 e. The summed E-state index contributed by atoms with van der Waals surface area (Å²) in [5.74, 6) is -0.328. The number of aromatic nitrogens is 2. The molecule has 0 saturated heterocycles. The van der Waals surface area contributed by atoms with Crippen molar-refractivity contribution >= 4 is 27.0 Å². The minimum Gasteiger partial charge on any atom is -0.299 e. The topological polar surface area (TPSA) is 77.0 Å². The van der Waals surface area contributed by atoms with E-state index in [0.29, 0.717) is 12.8 Å². The first-order valence-corrected chi connectivity index (χ1v) is 11.7. The Balaban J connectivity index is 2.12. The van der Waals surface area contributed by atoms with Crippen molar-refractivity contribution in [3.8, 4) is 0 Å². The summed E-state index contributed by atoms with van der Waals surface area (Å²) in [5, 5.41) is 1.95. The van der Waals surface area contributed by atoms with E-state index in [-0.39, 0.29) is 29.8 Å². The average Bonchev–Trinajstić information content (AvgIpc) is 3.07.